The highest BCUT2D eigenvalue weighted by atomic mass is 16.5. The summed E-state index contributed by atoms with van der Waals surface area (Å²) in [5, 5.41) is 9.26. The molecule has 1 rings (SSSR count). The molecule has 1 saturated heterocycles. The largest absolute Gasteiger partial charge is 0.469 e. The van der Waals surface area contributed by atoms with Gasteiger partial charge in [0, 0.05) is 18.6 Å². The molecule has 0 aromatic rings. The third-order valence-corrected chi connectivity index (χ3v) is 4.14. The first kappa shape index (κ1) is 16.4. The molecule has 0 aliphatic carbocycles. The van der Waals surface area contributed by atoms with Gasteiger partial charge in [-0.1, -0.05) is 32.6 Å². The summed E-state index contributed by atoms with van der Waals surface area (Å²) in [4.78, 5) is 13.8. The Morgan fingerprint density at radius 2 is 2.05 bits per heavy atom. The molecule has 0 radical (unpaired) electrons. The summed E-state index contributed by atoms with van der Waals surface area (Å²) in [5.41, 5.74) is 0. The Morgan fingerprint density at radius 3 is 2.68 bits per heavy atom. The van der Waals surface area contributed by atoms with Crippen LogP contribution < -0.4 is 0 Å². The van der Waals surface area contributed by atoms with Crippen molar-refractivity contribution in [2.75, 3.05) is 20.3 Å². The summed E-state index contributed by atoms with van der Waals surface area (Å²) in [6.45, 7) is 3.06. The molecule has 1 aliphatic rings. The monoisotopic (exact) mass is 271 g/mol. The third-order valence-electron chi connectivity index (χ3n) is 4.14. The van der Waals surface area contributed by atoms with Gasteiger partial charge >= 0.3 is 5.97 Å². The minimum atomic E-state index is -0.137. The molecule has 4 nitrogen and oxygen atoms in total. The number of unbranched alkanes of at least 4 members (excludes halogenated alkanes) is 2. The predicted molar refractivity (Wildman–Crippen MR) is 76.0 cm³/mol. The van der Waals surface area contributed by atoms with E-state index in [1.54, 1.807) is 0 Å². The Balaban J connectivity index is 2.55. The van der Waals surface area contributed by atoms with Gasteiger partial charge in [0.1, 0.15) is 0 Å². The number of ether oxygens (including phenoxy) is 1. The molecule has 112 valence electrons. The summed E-state index contributed by atoms with van der Waals surface area (Å²) >= 11 is 0. The zero-order chi connectivity index (χ0) is 14.1. The first-order valence-electron chi connectivity index (χ1n) is 7.66. The maximum absolute atomic E-state index is 11.5. The highest BCUT2D eigenvalue weighted by Crippen LogP contribution is 2.28. The van der Waals surface area contributed by atoms with E-state index in [-0.39, 0.29) is 18.6 Å². The van der Waals surface area contributed by atoms with Gasteiger partial charge in [-0.2, -0.15) is 0 Å². The molecule has 0 bridgehead atoms. The zero-order valence-corrected chi connectivity index (χ0v) is 12.4. The average Bonchev–Trinajstić information content (AvgIpc) is 2.42. The van der Waals surface area contributed by atoms with E-state index in [0.29, 0.717) is 19.0 Å². The van der Waals surface area contributed by atoms with Gasteiger partial charge in [-0.25, -0.2) is 0 Å². The average molecular weight is 271 g/mol. The van der Waals surface area contributed by atoms with Crippen LogP contribution in [0.2, 0.25) is 0 Å². The fraction of sp³-hybridized carbons (Fsp3) is 0.933. The molecule has 1 N–H and O–H groups in total. The van der Waals surface area contributed by atoms with Gasteiger partial charge in [0.15, 0.2) is 0 Å². The van der Waals surface area contributed by atoms with Gasteiger partial charge in [-0.15, -0.1) is 0 Å². The van der Waals surface area contributed by atoms with Crippen LogP contribution in [0.15, 0.2) is 0 Å². The van der Waals surface area contributed by atoms with E-state index in [0.717, 1.165) is 6.42 Å². The number of β-amino-alcohol motifs (C(OH)–C–C–N with tert-alkyl or cyclic N) is 1. The molecule has 0 saturated carbocycles. The Kier molecular flexibility index (Phi) is 8.07. The molecule has 0 unspecified atom stereocenters. The van der Waals surface area contributed by atoms with Crippen LogP contribution in [0.25, 0.3) is 0 Å². The lowest BCUT2D eigenvalue weighted by molar-refractivity contribution is -0.142. The minimum Gasteiger partial charge on any atom is -0.469 e. The maximum Gasteiger partial charge on any atom is 0.307 e. The summed E-state index contributed by atoms with van der Waals surface area (Å²) in [6.07, 6.45) is 8.81. The number of nitrogens with zero attached hydrogens (tertiary/aromatic N) is 1. The number of aliphatic hydroxyl groups excluding tert-OH is 1. The molecule has 1 aliphatic heterocycles. The number of methoxy groups -OCH3 is 1. The van der Waals surface area contributed by atoms with E-state index in [2.05, 4.69) is 11.8 Å². The predicted octanol–water partition coefficient (Wildman–Crippen LogP) is 2.35. The van der Waals surface area contributed by atoms with Crippen molar-refractivity contribution in [2.24, 2.45) is 0 Å². The van der Waals surface area contributed by atoms with Crippen LogP contribution in [0.5, 0.6) is 0 Å². The highest BCUT2D eigenvalue weighted by Gasteiger charge is 2.31. The SMILES string of the molecule is CCCCC[C@H]1CCC[C@@H](CC(=O)OC)N1CCO. The quantitative estimate of drug-likeness (QED) is 0.544. The van der Waals surface area contributed by atoms with Gasteiger partial charge < -0.3 is 9.84 Å². The number of esters is 1. The second-order valence-corrected chi connectivity index (χ2v) is 5.48. The zero-order valence-electron chi connectivity index (χ0n) is 12.4. The number of likely N-dealkylation sites (tertiary alicyclic amines) is 1. The van der Waals surface area contributed by atoms with E-state index in [9.17, 15) is 9.90 Å². The van der Waals surface area contributed by atoms with Gasteiger partial charge in [-0.3, -0.25) is 9.69 Å². The van der Waals surface area contributed by atoms with Crippen molar-refractivity contribution < 1.29 is 14.6 Å². The lowest BCUT2D eigenvalue weighted by atomic mass is 9.90. The number of piperidine rings is 1. The number of hydrogen-bond donors (Lipinski definition) is 1. The Labute approximate surface area is 117 Å². The number of rotatable bonds is 8. The third kappa shape index (κ3) is 5.49. The highest BCUT2D eigenvalue weighted by molar-refractivity contribution is 5.69. The fourth-order valence-electron chi connectivity index (χ4n) is 3.13. The number of carbonyl (C=O) groups is 1. The van der Waals surface area contributed by atoms with E-state index < -0.39 is 0 Å². The summed E-state index contributed by atoms with van der Waals surface area (Å²) in [6, 6.07) is 0.780. The van der Waals surface area contributed by atoms with Crippen LogP contribution in [-0.2, 0) is 9.53 Å². The molecule has 1 fully saturated rings. The maximum atomic E-state index is 11.5. The molecule has 0 amide bonds. The first-order chi connectivity index (χ1) is 9.22. The second-order valence-electron chi connectivity index (χ2n) is 5.48. The molecule has 2 atom stereocenters. The molecule has 1 heterocycles. The number of carbonyl (C=O) groups excluding carboxylic acids is 1. The summed E-state index contributed by atoms with van der Waals surface area (Å²) < 4.78 is 4.79. The van der Waals surface area contributed by atoms with E-state index in [1.165, 1.54) is 45.6 Å². The van der Waals surface area contributed by atoms with Crippen molar-refractivity contribution >= 4 is 5.97 Å². The van der Waals surface area contributed by atoms with Crippen LogP contribution in [-0.4, -0.2) is 48.3 Å². The van der Waals surface area contributed by atoms with Crippen molar-refractivity contribution in [3.05, 3.63) is 0 Å². The molecular formula is C15H29NO3. The van der Waals surface area contributed by atoms with E-state index in [1.807, 2.05) is 0 Å². The lowest BCUT2D eigenvalue weighted by Gasteiger charge is -2.41. The van der Waals surface area contributed by atoms with Gasteiger partial charge in [0.05, 0.1) is 20.1 Å². The Morgan fingerprint density at radius 1 is 1.32 bits per heavy atom. The van der Waals surface area contributed by atoms with E-state index >= 15 is 0 Å². The minimum absolute atomic E-state index is 0.137. The Hall–Kier alpha value is -0.610. The molecule has 19 heavy (non-hydrogen) atoms. The molecule has 0 aromatic heterocycles. The van der Waals surface area contributed by atoms with E-state index in [4.69, 9.17) is 4.74 Å². The van der Waals surface area contributed by atoms with Crippen molar-refractivity contribution in [3.63, 3.8) is 0 Å². The van der Waals surface area contributed by atoms with Crippen molar-refractivity contribution in [1.29, 1.82) is 0 Å². The molecular weight excluding hydrogens is 242 g/mol. The molecule has 0 aromatic carbocycles. The van der Waals surface area contributed by atoms with Gasteiger partial charge in [0.25, 0.3) is 0 Å². The van der Waals surface area contributed by atoms with Crippen molar-refractivity contribution in [1.82, 2.24) is 4.90 Å². The molecule has 0 spiro atoms. The molecule has 4 heteroatoms. The van der Waals surface area contributed by atoms with Crippen LogP contribution in [0, 0.1) is 0 Å². The van der Waals surface area contributed by atoms with Crippen molar-refractivity contribution in [3.8, 4) is 0 Å². The second kappa shape index (κ2) is 9.32. The van der Waals surface area contributed by atoms with Crippen molar-refractivity contribution in [2.45, 2.75) is 70.4 Å². The number of hydrogen-bond acceptors (Lipinski definition) is 4. The van der Waals surface area contributed by atoms with Gasteiger partial charge in [0.2, 0.25) is 0 Å². The van der Waals surface area contributed by atoms with Crippen LogP contribution >= 0.6 is 0 Å². The summed E-state index contributed by atoms with van der Waals surface area (Å²) in [5.74, 6) is -0.137. The fourth-order valence-corrected chi connectivity index (χ4v) is 3.13. The van der Waals surface area contributed by atoms with Gasteiger partial charge in [-0.05, 0) is 19.3 Å². The first-order valence-corrected chi connectivity index (χ1v) is 7.66. The van der Waals surface area contributed by atoms with Crippen LogP contribution in [0.3, 0.4) is 0 Å². The topological polar surface area (TPSA) is 49.8 Å². The normalized spacial score (nSPS) is 24.4. The smallest absolute Gasteiger partial charge is 0.307 e. The number of aliphatic hydroxyl groups is 1. The summed E-state index contributed by atoms with van der Waals surface area (Å²) in [7, 11) is 1.44. The standard InChI is InChI=1S/C15H29NO3/c1-3-4-5-7-13-8-6-9-14(12-15(18)19-2)16(13)10-11-17/h13-14,17H,3-12H2,1-2H3/t13-,14-/m0/s1. The Bertz CT molecular complexity index is 258. The van der Waals surface area contributed by atoms with Crippen LogP contribution in [0.1, 0.15) is 58.3 Å². The lowest BCUT2D eigenvalue weighted by Crippen LogP contribution is -2.48. The van der Waals surface area contributed by atoms with Crippen LogP contribution in [0.4, 0.5) is 0 Å².